The van der Waals surface area contributed by atoms with Crippen molar-refractivity contribution in [2.75, 3.05) is 18.4 Å². The Morgan fingerprint density at radius 3 is 2.69 bits per heavy atom. The zero-order valence-electron chi connectivity index (χ0n) is 15.6. The van der Waals surface area contributed by atoms with Crippen molar-refractivity contribution < 1.29 is 9.59 Å². The minimum atomic E-state index is -0.394. The quantitative estimate of drug-likeness (QED) is 0.653. The van der Waals surface area contributed by atoms with Crippen LogP contribution in [-0.4, -0.2) is 45.1 Å². The van der Waals surface area contributed by atoms with Gasteiger partial charge in [-0.2, -0.15) is 0 Å². The number of carbonyl (C=O) groups is 2. The molecule has 0 unspecified atom stereocenters. The highest BCUT2D eigenvalue weighted by atomic mass is 32.1. The molecular formula is C20H20N6O2S. The molecule has 3 amide bonds. The van der Waals surface area contributed by atoms with Crippen LogP contribution in [0.4, 0.5) is 9.93 Å². The lowest BCUT2D eigenvalue weighted by Gasteiger charge is -2.25. The Bertz CT molecular complexity index is 979. The number of rotatable bonds is 6. The molecule has 2 N–H and O–H groups in total. The van der Waals surface area contributed by atoms with Crippen LogP contribution in [-0.2, 0) is 4.79 Å². The number of nitrogens with one attached hydrogen (secondary N) is 2. The van der Waals surface area contributed by atoms with E-state index in [1.807, 2.05) is 48.5 Å². The molecule has 1 atom stereocenters. The maximum atomic E-state index is 12.6. The number of likely N-dealkylation sites (tertiary alicyclic amines) is 1. The summed E-state index contributed by atoms with van der Waals surface area (Å²) < 4.78 is 0. The van der Waals surface area contributed by atoms with Crippen molar-refractivity contribution in [1.82, 2.24) is 25.4 Å². The van der Waals surface area contributed by atoms with Crippen molar-refractivity contribution in [2.24, 2.45) is 0 Å². The third-order valence-corrected chi connectivity index (χ3v) is 5.47. The fourth-order valence-electron chi connectivity index (χ4n) is 3.20. The van der Waals surface area contributed by atoms with E-state index >= 15 is 0 Å². The van der Waals surface area contributed by atoms with Crippen LogP contribution in [0.3, 0.4) is 0 Å². The number of benzene rings is 1. The van der Waals surface area contributed by atoms with E-state index in [2.05, 4.69) is 25.8 Å². The Kier molecular flexibility index (Phi) is 5.76. The van der Waals surface area contributed by atoms with Gasteiger partial charge in [-0.15, -0.1) is 10.2 Å². The Morgan fingerprint density at radius 1 is 1.14 bits per heavy atom. The van der Waals surface area contributed by atoms with Gasteiger partial charge in [0.05, 0.1) is 6.04 Å². The van der Waals surface area contributed by atoms with E-state index in [4.69, 9.17) is 0 Å². The van der Waals surface area contributed by atoms with Crippen molar-refractivity contribution in [3.63, 3.8) is 0 Å². The van der Waals surface area contributed by atoms with Crippen LogP contribution in [0.2, 0.25) is 0 Å². The van der Waals surface area contributed by atoms with Crippen LogP contribution in [0.15, 0.2) is 54.7 Å². The summed E-state index contributed by atoms with van der Waals surface area (Å²) in [5.74, 6) is 0.122. The van der Waals surface area contributed by atoms with E-state index in [9.17, 15) is 9.59 Å². The molecule has 29 heavy (non-hydrogen) atoms. The van der Waals surface area contributed by atoms with Crippen LogP contribution in [0.1, 0.15) is 24.4 Å². The zero-order chi connectivity index (χ0) is 20.1. The fraction of sp³-hybridized carbons (Fsp3) is 0.250. The first-order valence-electron chi connectivity index (χ1n) is 9.34. The van der Waals surface area contributed by atoms with Gasteiger partial charge < -0.3 is 10.2 Å². The van der Waals surface area contributed by atoms with E-state index in [0.29, 0.717) is 28.8 Å². The molecular weight excluding hydrogens is 388 g/mol. The predicted molar refractivity (Wildman–Crippen MR) is 110 cm³/mol. The normalized spacial score (nSPS) is 14.6. The summed E-state index contributed by atoms with van der Waals surface area (Å²) in [6.45, 7) is 1.15. The molecule has 1 fully saturated rings. The van der Waals surface area contributed by atoms with Gasteiger partial charge in [-0.25, -0.2) is 4.79 Å². The number of pyridine rings is 1. The lowest BCUT2D eigenvalue weighted by atomic mass is 10.1. The highest BCUT2D eigenvalue weighted by Gasteiger charge is 2.25. The highest BCUT2D eigenvalue weighted by molar-refractivity contribution is 7.18. The van der Waals surface area contributed by atoms with E-state index in [-0.39, 0.29) is 11.9 Å². The molecule has 1 aliphatic heterocycles. The molecule has 148 valence electrons. The maximum absolute atomic E-state index is 12.6. The molecule has 0 radical (unpaired) electrons. The fourth-order valence-corrected chi connectivity index (χ4v) is 3.91. The van der Waals surface area contributed by atoms with Gasteiger partial charge in [0.2, 0.25) is 11.0 Å². The lowest BCUT2D eigenvalue weighted by molar-refractivity contribution is -0.128. The maximum Gasteiger partial charge on any atom is 0.321 e. The van der Waals surface area contributed by atoms with E-state index in [1.54, 1.807) is 11.1 Å². The number of nitrogens with zero attached hydrogens (tertiary/aromatic N) is 4. The smallest absolute Gasteiger partial charge is 0.321 e. The summed E-state index contributed by atoms with van der Waals surface area (Å²) >= 11 is 1.25. The summed E-state index contributed by atoms with van der Waals surface area (Å²) in [6.07, 6.45) is 3.10. The standard InChI is InChI=1S/C20H20N6O2S/c27-17-10-6-12-26(17)13-16(14-7-2-1-3-8-14)22-19(28)23-20-25-24-18(29-20)15-9-4-5-11-21-15/h1-5,7-9,11,16H,6,10,12-13H2,(H2,22,23,25,28)/t16-/m0/s1. The first-order chi connectivity index (χ1) is 14.2. The summed E-state index contributed by atoms with van der Waals surface area (Å²) in [6, 6.07) is 14.4. The minimum absolute atomic E-state index is 0.122. The van der Waals surface area contributed by atoms with Gasteiger partial charge in [-0.1, -0.05) is 47.7 Å². The van der Waals surface area contributed by atoms with Gasteiger partial charge in [-0.3, -0.25) is 15.1 Å². The molecule has 8 nitrogen and oxygen atoms in total. The molecule has 3 aromatic rings. The topological polar surface area (TPSA) is 100 Å². The number of anilines is 1. The van der Waals surface area contributed by atoms with E-state index in [1.165, 1.54) is 11.3 Å². The Morgan fingerprint density at radius 2 is 1.97 bits per heavy atom. The third-order valence-electron chi connectivity index (χ3n) is 4.61. The number of amides is 3. The molecule has 3 heterocycles. The Balaban J connectivity index is 1.44. The number of urea groups is 1. The van der Waals surface area contributed by atoms with Crippen LogP contribution >= 0.6 is 11.3 Å². The van der Waals surface area contributed by atoms with Crippen molar-refractivity contribution >= 4 is 28.4 Å². The number of hydrogen-bond donors (Lipinski definition) is 2. The lowest BCUT2D eigenvalue weighted by Crippen LogP contribution is -2.40. The van der Waals surface area contributed by atoms with Gasteiger partial charge in [-0.05, 0) is 24.1 Å². The molecule has 0 aliphatic carbocycles. The molecule has 0 spiro atoms. The molecule has 0 bridgehead atoms. The van der Waals surface area contributed by atoms with Gasteiger partial charge in [0.25, 0.3) is 0 Å². The summed E-state index contributed by atoms with van der Waals surface area (Å²) in [5.41, 5.74) is 1.64. The monoisotopic (exact) mass is 408 g/mol. The molecule has 4 rings (SSSR count). The number of aromatic nitrogens is 3. The van der Waals surface area contributed by atoms with Crippen LogP contribution < -0.4 is 10.6 Å². The molecule has 2 aromatic heterocycles. The predicted octanol–water partition coefficient (Wildman–Crippen LogP) is 3.09. The summed E-state index contributed by atoms with van der Waals surface area (Å²) in [5, 5.41) is 14.8. The SMILES string of the molecule is O=C(Nc1nnc(-c2ccccn2)s1)N[C@@H](CN1CCCC1=O)c1ccccc1. The van der Waals surface area contributed by atoms with Gasteiger partial charge in [0.1, 0.15) is 5.69 Å². The van der Waals surface area contributed by atoms with Gasteiger partial charge >= 0.3 is 6.03 Å². The second-order valence-electron chi connectivity index (χ2n) is 6.63. The average Bonchev–Trinajstić information content (AvgIpc) is 3.38. The molecule has 1 saturated heterocycles. The van der Waals surface area contributed by atoms with E-state index in [0.717, 1.165) is 18.5 Å². The number of carbonyl (C=O) groups excluding carboxylic acids is 2. The van der Waals surface area contributed by atoms with Gasteiger partial charge in [0, 0.05) is 25.7 Å². The largest absolute Gasteiger partial charge is 0.340 e. The van der Waals surface area contributed by atoms with Gasteiger partial charge in [0.15, 0.2) is 5.01 Å². The first-order valence-corrected chi connectivity index (χ1v) is 10.2. The molecule has 9 heteroatoms. The first kappa shape index (κ1) is 19.0. The van der Waals surface area contributed by atoms with Crippen LogP contribution in [0, 0.1) is 0 Å². The molecule has 0 saturated carbocycles. The zero-order valence-corrected chi connectivity index (χ0v) is 16.4. The second-order valence-corrected chi connectivity index (χ2v) is 7.61. The van der Waals surface area contributed by atoms with Crippen LogP contribution in [0.25, 0.3) is 10.7 Å². The highest BCUT2D eigenvalue weighted by Crippen LogP contribution is 2.24. The Labute approximate surface area is 172 Å². The van der Waals surface area contributed by atoms with Crippen LogP contribution in [0.5, 0.6) is 0 Å². The second kappa shape index (κ2) is 8.78. The third kappa shape index (κ3) is 4.75. The average molecular weight is 408 g/mol. The van der Waals surface area contributed by atoms with Crippen molar-refractivity contribution in [3.05, 3.63) is 60.3 Å². The summed E-state index contributed by atoms with van der Waals surface area (Å²) in [4.78, 5) is 30.7. The minimum Gasteiger partial charge on any atom is -0.340 e. The Hall–Kier alpha value is -3.33. The van der Waals surface area contributed by atoms with E-state index < -0.39 is 6.03 Å². The van der Waals surface area contributed by atoms with Crippen molar-refractivity contribution in [3.8, 4) is 10.7 Å². The molecule has 1 aliphatic rings. The van der Waals surface area contributed by atoms with Crippen molar-refractivity contribution in [1.29, 1.82) is 0 Å². The molecule has 1 aromatic carbocycles. The number of hydrogen-bond acceptors (Lipinski definition) is 6. The van der Waals surface area contributed by atoms with Crippen molar-refractivity contribution in [2.45, 2.75) is 18.9 Å². The summed E-state index contributed by atoms with van der Waals surface area (Å²) in [7, 11) is 0.